The molecular weight excluding hydrogens is 298 g/mol. The molecule has 3 rings (SSSR count). The van der Waals surface area contributed by atoms with Crippen molar-refractivity contribution in [2.45, 2.75) is 32.2 Å². The zero-order valence-corrected chi connectivity index (χ0v) is 13.0. The van der Waals surface area contributed by atoms with Crippen LogP contribution in [0.4, 0.5) is 0 Å². The highest BCUT2D eigenvalue weighted by Crippen LogP contribution is 2.22. The molecule has 0 saturated carbocycles. The topological polar surface area (TPSA) is 3.24 Å². The van der Waals surface area contributed by atoms with Gasteiger partial charge < -0.3 is 4.90 Å². The molecule has 1 nitrogen and oxygen atoms in total. The Kier molecular flexibility index (Phi) is 3.90. The first-order chi connectivity index (χ1) is 9.22. The van der Waals surface area contributed by atoms with Gasteiger partial charge in [0.1, 0.15) is 0 Å². The predicted molar refractivity (Wildman–Crippen MR) is 85.6 cm³/mol. The molecule has 2 heteroatoms. The van der Waals surface area contributed by atoms with E-state index < -0.39 is 0 Å². The third kappa shape index (κ3) is 3.01. The molecule has 0 amide bonds. The van der Waals surface area contributed by atoms with Crippen molar-refractivity contribution in [3.63, 3.8) is 0 Å². The van der Waals surface area contributed by atoms with E-state index in [9.17, 15) is 0 Å². The Hall–Kier alpha value is -0.860. The molecular formula is C17H20BrN. The van der Waals surface area contributed by atoms with E-state index in [1.807, 2.05) is 0 Å². The number of hydrogen-bond donors (Lipinski definition) is 0. The molecule has 0 spiro atoms. The minimum atomic E-state index is 0.774. The van der Waals surface area contributed by atoms with Crippen LogP contribution in [-0.4, -0.2) is 24.0 Å². The number of rotatable bonds is 3. The lowest BCUT2D eigenvalue weighted by Crippen LogP contribution is -2.28. The van der Waals surface area contributed by atoms with Gasteiger partial charge in [-0.3, -0.25) is 0 Å². The summed E-state index contributed by atoms with van der Waals surface area (Å²) in [5, 5.41) is 2.66. The largest absolute Gasteiger partial charge is 0.300 e. The molecule has 0 bridgehead atoms. The van der Waals surface area contributed by atoms with Crippen LogP contribution in [0.5, 0.6) is 0 Å². The standard InChI is InChI=1S/C17H20BrN/c1-13-3-2-9-19(13)10-8-14-4-5-16-12-17(18)7-6-15(16)11-14/h4-7,11-13H,2-3,8-10H2,1H3/t13-/m0/s1. The molecule has 0 N–H and O–H groups in total. The minimum absolute atomic E-state index is 0.774. The molecule has 100 valence electrons. The van der Waals surface area contributed by atoms with Gasteiger partial charge in [-0.25, -0.2) is 0 Å². The molecule has 0 radical (unpaired) electrons. The van der Waals surface area contributed by atoms with Crippen LogP contribution in [0.1, 0.15) is 25.3 Å². The fourth-order valence-electron chi connectivity index (χ4n) is 3.02. The lowest BCUT2D eigenvalue weighted by Gasteiger charge is -2.20. The Labute approximate surface area is 123 Å². The fraction of sp³-hybridized carbons (Fsp3) is 0.412. The molecule has 1 aliphatic heterocycles. The quantitative estimate of drug-likeness (QED) is 0.797. The van der Waals surface area contributed by atoms with Gasteiger partial charge in [-0.15, -0.1) is 0 Å². The van der Waals surface area contributed by atoms with E-state index in [-0.39, 0.29) is 0 Å². The summed E-state index contributed by atoms with van der Waals surface area (Å²) in [6.07, 6.45) is 3.90. The third-order valence-electron chi connectivity index (χ3n) is 4.24. The summed E-state index contributed by atoms with van der Waals surface area (Å²) in [6.45, 7) is 4.83. The SMILES string of the molecule is C[C@H]1CCCN1CCc1ccc2cc(Br)ccc2c1. The van der Waals surface area contributed by atoms with Crippen LogP contribution < -0.4 is 0 Å². The first kappa shape index (κ1) is 13.1. The van der Waals surface area contributed by atoms with Gasteiger partial charge in [0.25, 0.3) is 0 Å². The van der Waals surface area contributed by atoms with E-state index in [1.165, 1.54) is 42.3 Å². The Morgan fingerprint density at radius 3 is 2.74 bits per heavy atom. The summed E-state index contributed by atoms with van der Waals surface area (Å²) in [7, 11) is 0. The number of benzene rings is 2. The van der Waals surface area contributed by atoms with Gasteiger partial charge in [-0.1, -0.05) is 40.2 Å². The van der Waals surface area contributed by atoms with Crippen LogP contribution in [0.2, 0.25) is 0 Å². The Bertz CT molecular complexity index is 578. The summed E-state index contributed by atoms with van der Waals surface area (Å²) < 4.78 is 1.15. The molecule has 19 heavy (non-hydrogen) atoms. The van der Waals surface area contributed by atoms with Crippen LogP contribution in [0, 0.1) is 0 Å². The van der Waals surface area contributed by atoms with Crippen LogP contribution in [-0.2, 0) is 6.42 Å². The maximum Gasteiger partial charge on any atom is 0.0181 e. The van der Waals surface area contributed by atoms with E-state index in [0.29, 0.717) is 0 Å². The molecule has 0 aromatic heterocycles. The molecule has 0 aliphatic carbocycles. The molecule has 2 aromatic carbocycles. The molecule has 0 unspecified atom stereocenters. The molecule has 1 aliphatic rings. The van der Waals surface area contributed by atoms with Gasteiger partial charge in [0.2, 0.25) is 0 Å². The second-order valence-corrected chi connectivity index (χ2v) is 6.52. The second-order valence-electron chi connectivity index (χ2n) is 5.60. The molecule has 1 atom stereocenters. The van der Waals surface area contributed by atoms with Crippen molar-refractivity contribution >= 4 is 26.7 Å². The Morgan fingerprint density at radius 2 is 1.95 bits per heavy atom. The van der Waals surface area contributed by atoms with Crippen LogP contribution in [0.3, 0.4) is 0 Å². The number of nitrogens with zero attached hydrogens (tertiary/aromatic N) is 1. The smallest absolute Gasteiger partial charge is 0.0181 e. The van der Waals surface area contributed by atoms with Gasteiger partial charge >= 0.3 is 0 Å². The average molecular weight is 318 g/mol. The van der Waals surface area contributed by atoms with Crippen molar-refractivity contribution in [2.24, 2.45) is 0 Å². The second kappa shape index (κ2) is 5.64. The van der Waals surface area contributed by atoms with Gasteiger partial charge in [-0.05, 0) is 61.2 Å². The number of fused-ring (bicyclic) bond motifs is 1. The highest BCUT2D eigenvalue weighted by atomic mass is 79.9. The van der Waals surface area contributed by atoms with Crippen LogP contribution in [0.25, 0.3) is 10.8 Å². The molecule has 2 aromatic rings. The predicted octanol–water partition coefficient (Wildman–Crippen LogP) is 4.63. The molecule has 1 heterocycles. The summed E-state index contributed by atoms with van der Waals surface area (Å²) in [4.78, 5) is 2.62. The summed E-state index contributed by atoms with van der Waals surface area (Å²) in [5.74, 6) is 0. The summed E-state index contributed by atoms with van der Waals surface area (Å²) in [6, 6.07) is 14.1. The zero-order valence-electron chi connectivity index (χ0n) is 11.4. The van der Waals surface area contributed by atoms with Crippen molar-refractivity contribution < 1.29 is 0 Å². The van der Waals surface area contributed by atoms with E-state index >= 15 is 0 Å². The highest BCUT2D eigenvalue weighted by Gasteiger charge is 2.19. The van der Waals surface area contributed by atoms with Crippen LogP contribution in [0.15, 0.2) is 40.9 Å². The normalized spacial score (nSPS) is 20.2. The Balaban J connectivity index is 1.72. The van der Waals surface area contributed by atoms with E-state index in [1.54, 1.807) is 0 Å². The van der Waals surface area contributed by atoms with Crippen molar-refractivity contribution in [3.05, 3.63) is 46.4 Å². The van der Waals surface area contributed by atoms with Crippen molar-refractivity contribution in [3.8, 4) is 0 Å². The van der Waals surface area contributed by atoms with E-state index in [4.69, 9.17) is 0 Å². The first-order valence-corrected chi connectivity index (χ1v) is 7.94. The average Bonchev–Trinajstić information content (AvgIpc) is 2.82. The highest BCUT2D eigenvalue weighted by molar-refractivity contribution is 9.10. The van der Waals surface area contributed by atoms with Crippen molar-refractivity contribution in [1.29, 1.82) is 0 Å². The lowest BCUT2D eigenvalue weighted by molar-refractivity contribution is 0.272. The van der Waals surface area contributed by atoms with Crippen molar-refractivity contribution in [1.82, 2.24) is 4.90 Å². The summed E-state index contributed by atoms with van der Waals surface area (Å²) >= 11 is 3.53. The number of halogens is 1. The summed E-state index contributed by atoms with van der Waals surface area (Å²) in [5.41, 5.74) is 1.45. The van der Waals surface area contributed by atoms with Gasteiger partial charge in [0, 0.05) is 17.1 Å². The fourth-order valence-corrected chi connectivity index (χ4v) is 3.40. The molecule has 1 saturated heterocycles. The molecule has 1 fully saturated rings. The zero-order chi connectivity index (χ0) is 13.2. The van der Waals surface area contributed by atoms with Crippen molar-refractivity contribution in [2.75, 3.05) is 13.1 Å². The van der Waals surface area contributed by atoms with Gasteiger partial charge in [-0.2, -0.15) is 0 Å². The third-order valence-corrected chi connectivity index (χ3v) is 4.74. The minimum Gasteiger partial charge on any atom is -0.300 e. The lowest BCUT2D eigenvalue weighted by atomic mass is 10.0. The number of hydrogen-bond acceptors (Lipinski definition) is 1. The van der Waals surface area contributed by atoms with Gasteiger partial charge in [0.05, 0.1) is 0 Å². The van der Waals surface area contributed by atoms with Crippen LogP contribution >= 0.6 is 15.9 Å². The van der Waals surface area contributed by atoms with E-state index in [2.05, 4.69) is 64.2 Å². The monoisotopic (exact) mass is 317 g/mol. The Morgan fingerprint density at radius 1 is 1.16 bits per heavy atom. The number of likely N-dealkylation sites (tertiary alicyclic amines) is 1. The maximum absolute atomic E-state index is 3.53. The van der Waals surface area contributed by atoms with Gasteiger partial charge in [0.15, 0.2) is 0 Å². The van der Waals surface area contributed by atoms with E-state index in [0.717, 1.165) is 16.9 Å². The maximum atomic E-state index is 3.53. The first-order valence-electron chi connectivity index (χ1n) is 7.14.